The Morgan fingerprint density at radius 1 is 1.41 bits per heavy atom. The number of ether oxygens (including phenoxy) is 1. The van der Waals surface area contributed by atoms with Crippen molar-refractivity contribution in [3.05, 3.63) is 51.9 Å². The van der Waals surface area contributed by atoms with Gasteiger partial charge in [0, 0.05) is 10.6 Å². The molecule has 0 spiro atoms. The van der Waals surface area contributed by atoms with Gasteiger partial charge in [-0.2, -0.15) is 0 Å². The zero-order valence-corrected chi connectivity index (χ0v) is 13.3. The van der Waals surface area contributed by atoms with Crippen molar-refractivity contribution in [3.63, 3.8) is 0 Å². The second-order valence-electron chi connectivity index (χ2n) is 4.84. The van der Waals surface area contributed by atoms with Gasteiger partial charge in [-0.3, -0.25) is 4.79 Å². The van der Waals surface area contributed by atoms with Gasteiger partial charge in [0.2, 0.25) is 5.78 Å². The van der Waals surface area contributed by atoms with Crippen molar-refractivity contribution in [2.24, 2.45) is 0 Å². The average molecular weight is 322 g/mol. The van der Waals surface area contributed by atoms with Crippen LogP contribution in [0.1, 0.15) is 46.0 Å². The number of carbonyl (C=O) groups excluding carboxylic acids is 2. The SMILES string of the molecule is CCc1noc(C)c1C(=O)OC(C)C(=O)c1cccc(Cl)c1. The van der Waals surface area contributed by atoms with Gasteiger partial charge < -0.3 is 9.26 Å². The Morgan fingerprint density at radius 2 is 2.14 bits per heavy atom. The summed E-state index contributed by atoms with van der Waals surface area (Å²) in [4.78, 5) is 24.5. The first-order valence-electron chi connectivity index (χ1n) is 6.90. The van der Waals surface area contributed by atoms with Crippen molar-refractivity contribution in [1.29, 1.82) is 0 Å². The van der Waals surface area contributed by atoms with Crippen LogP contribution in [0.3, 0.4) is 0 Å². The van der Waals surface area contributed by atoms with E-state index in [-0.39, 0.29) is 11.3 Å². The smallest absolute Gasteiger partial charge is 0.344 e. The molecule has 1 atom stereocenters. The van der Waals surface area contributed by atoms with E-state index in [0.717, 1.165) is 0 Å². The van der Waals surface area contributed by atoms with Gasteiger partial charge in [-0.15, -0.1) is 0 Å². The Bertz CT molecular complexity index is 708. The van der Waals surface area contributed by atoms with Gasteiger partial charge in [0.1, 0.15) is 11.3 Å². The summed E-state index contributed by atoms with van der Waals surface area (Å²) in [6.07, 6.45) is -0.386. The lowest BCUT2D eigenvalue weighted by Crippen LogP contribution is -2.25. The van der Waals surface area contributed by atoms with E-state index in [1.54, 1.807) is 25.1 Å². The van der Waals surface area contributed by atoms with Crippen LogP contribution in [0.25, 0.3) is 0 Å². The molecule has 1 aromatic heterocycles. The summed E-state index contributed by atoms with van der Waals surface area (Å²) in [6, 6.07) is 6.50. The summed E-state index contributed by atoms with van der Waals surface area (Å²) in [5.74, 6) is -0.550. The summed E-state index contributed by atoms with van der Waals surface area (Å²) in [7, 11) is 0. The first kappa shape index (κ1) is 16.2. The zero-order chi connectivity index (χ0) is 16.3. The van der Waals surface area contributed by atoms with Crippen molar-refractivity contribution in [1.82, 2.24) is 5.16 Å². The van der Waals surface area contributed by atoms with E-state index >= 15 is 0 Å². The van der Waals surface area contributed by atoms with Crippen LogP contribution >= 0.6 is 11.6 Å². The van der Waals surface area contributed by atoms with E-state index in [4.69, 9.17) is 20.9 Å². The molecule has 0 aliphatic heterocycles. The number of Topliss-reactive ketones (excluding diaryl/α,β-unsaturated/α-hetero) is 1. The third kappa shape index (κ3) is 3.36. The molecule has 0 bridgehead atoms. The minimum absolute atomic E-state index is 0.285. The highest BCUT2D eigenvalue weighted by Crippen LogP contribution is 2.18. The van der Waals surface area contributed by atoms with Gasteiger partial charge in [0.05, 0.1) is 5.69 Å². The molecule has 22 heavy (non-hydrogen) atoms. The fourth-order valence-corrected chi connectivity index (χ4v) is 2.26. The molecule has 0 fully saturated rings. The van der Waals surface area contributed by atoms with Crippen LogP contribution < -0.4 is 0 Å². The molecule has 6 heteroatoms. The zero-order valence-electron chi connectivity index (χ0n) is 12.6. The largest absolute Gasteiger partial charge is 0.451 e. The van der Waals surface area contributed by atoms with Crippen molar-refractivity contribution in [3.8, 4) is 0 Å². The quantitative estimate of drug-likeness (QED) is 0.621. The minimum atomic E-state index is -0.926. The number of esters is 1. The van der Waals surface area contributed by atoms with Crippen LogP contribution in [0.2, 0.25) is 5.02 Å². The first-order valence-corrected chi connectivity index (χ1v) is 7.27. The standard InChI is InChI=1S/C16H16ClNO4/c1-4-13-14(9(2)22-18-13)16(20)21-10(3)15(19)11-6-5-7-12(17)8-11/h5-8,10H,4H2,1-3H3. The Balaban J connectivity index is 2.14. The number of halogens is 1. The molecule has 0 saturated carbocycles. The fourth-order valence-electron chi connectivity index (χ4n) is 2.07. The maximum Gasteiger partial charge on any atom is 0.344 e. The first-order chi connectivity index (χ1) is 10.4. The van der Waals surface area contributed by atoms with Gasteiger partial charge in [0.15, 0.2) is 6.10 Å². The number of hydrogen-bond acceptors (Lipinski definition) is 5. The highest BCUT2D eigenvalue weighted by Gasteiger charge is 2.25. The third-order valence-electron chi connectivity index (χ3n) is 3.23. The molecule has 0 N–H and O–H groups in total. The van der Waals surface area contributed by atoms with Crippen molar-refractivity contribution < 1.29 is 18.8 Å². The molecule has 0 aliphatic rings. The fraction of sp³-hybridized carbons (Fsp3) is 0.312. The normalized spacial score (nSPS) is 12.0. The summed E-state index contributed by atoms with van der Waals surface area (Å²) in [6.45, 7) is 5.01. The molecule has 0 amide bonds. The molecule has 1 heterocycles. The summed E-state index contributed by atoms with van der Waals surface area (Å²) >= 11 is 5.86. The molecule has 116 valence electrons. The monoisotopic (exact) mass is 321 g/mol. The molecule has 5 nitrogen and oxygen atoms in total. The number of benzene rings is 1. The van der Waals surface area contributed by atoms with E-state index in [9.17, 15) is 9.59 Å². The molecule has 1 aromatic carbocycles. The molecular weight excluding hydrogens is 306 g/mol. The predicted octanol–water partition coefficient (Wildman–Crippen LogP) is 3.63. The van der Waals surface area contributed by atoms with Gasteiger partial charge in [-0.05, 0) is 32.4 Å². The maximum absolute atomic E-state index is 12.3. The number of aryl methyl sites for hydroxylation is 2. The Kier molecular flexibility index (Phi) is 4.98. The molecule has 2 aromatic rings. The number of ketones is 1. The number of rotatable bonds is 5. The minimum Gasteiger partial charge on any atom is -0.451 e. The van der Waals surface area contributed by atoms with Crippen molar-refractivity contribution in [2.75, 3.05) is 0 Å². The van der Waals surface area contributed by atoms with E-state index in [1.807, 2.05) is 6.92 Å². The summed E-state index contributed by atoms with van der Waals surface area (Å²) in [5.41, 5.74) is 1.20. The van der Waals surface area contributed by atoms with E-state index in [2.05, 4.69) is 5.16 Å². The molecule has 0 aliphatic carbocycles. The van der Waals surface area contributed by atoms with Crippen LogP contribution in [-0.2, 0) is 11.2 Å². The number of hydrogen-bond donors (Lipinski definition) is 0. The van der Waals surface area contributed by atoms with Crippen LogP contribution in [0.5, 0.6) is 0 Å². The number of carbonyl (C=O) groups is 2. The molecule has 2 rings (SSSR count). The van der Waals surface area contributed by atoms with Crippen molar-refractivity contribution >= 4 is 23.4 Å². The highest BCUT2D eigenvalue weighted by molar-refractivity contribution is 6.31. The predicted molar refractivity (Wildman–Crippen MR) is 81.3 cm³/mol. The molecule has 1 unspecified atom stereocenters. The van der Waals surface area contributed by atoms with E-state index < -0.39 is 12.1 Å². The van der Waals surface area contributed by atoms with E-state index in [0.29, 0.717) is 28.5 Å². The van der Waals surface area contributed by atoms with Gasteiger partial charge in [0.25, 0.3) is 0 Å². The second kappa shape index (κ2) is 6.75. The molecule has 0 radical (unpaired) electrons. The molecular formula is C16H16ClNO4. The lowest BCUT2D eigenvalue weighted by atomic mass is 10.1. The summed E-state index contributed by atoms with van der Waals surface area (Å²) in [5, 5.41) is 4.25. The van der Waals surface area contributed by atoms with Crippen molar-refractivity contribution in [2.45, 2.75) is 33.3 Å². The van der Waals surface area contributed by atoms with E-state index in [1.165, 1.54) is 13.0 Å². The van der Waals surface area contributed by atoms with Crippen LogP contribution in [-0.4, -0.2) is 23.0 Å². The third-order valence-corrected chi connectivity index (χ3v) is 3.47. The topological polar surface area (TPSA) is 69.4 Å². The Hall–Kier alpha value is -2.14. The molecule has 0 saturated heterocycles. The Morgan fingerprint density at radius 3 is 2.77 bits per heavy atom. The number of aromatic nitrogens is 1. The highest BCUT2D eigenvalue weighted by atomic mass is 35.5. The summed E-state index contributed by atoms with van der Waals surface area (Å²) < 4.78 is 10.2. The lowest BCUT2D eigenvalue weighted by Gasteiger charge is -2.12. The second-order valence-corrected chi connectivity index (χ2v) is 5.27. The van der Waals surface area contributed by atoms with Crippen LogP contribution in [0.15, 0.2) is 28.8 Å². The lowest BCUT2D eigenvalue weighted by molar-refractivity contribution is 0.0316. The van der Waals surface area contributed by atoms with Crippen LogP contribution in [0, 0.1) is 6.92 Å². The van der Waals surface area contributed by atoms with Gasteiger partial charge in [-0.25, -0.2) is 4.79 Å². The number of nitrogens with zero attached hydrogens (tertiary/aromatic N) is 1. The van der Waals surface area contributed by atoms with Gasteiger partial charge in [-0.1, -0.05) is 35.8 Å². The maximum atomic E-state index is 12.3. The van der Waals surface area contributed by atoms with Gasteiger partial charge >= 0.3 is 5.97 Å². The average Bonchev–Trinajstić information content (AvgIpc) is 2.87. The van der Waals surface area contributed by atoms with Crippen LogP contribution in [0.4, 0.5) is 0 Å². The Labute approximate surface area is 133 Å².